The van der Waals surface area contributed by atoms with Crippen LogP contribution in [0, 0.1) is 4.77 Å². The highest BCUT2D eigenvalue weighted by molar-refractivity contribution is 7.71. The first-order valence-electron chi connectivity index (χ1n) is 6.17. The molecule has 2 heterocycles. The van der Waals surface area contributed by atoms with E-state index >= 15 is 0 Å². The summed E-state index contributed by atoms with van der Waals surface area (Å²) in [6.07, 6.45) is 1.18. The molecule has 6 nitrogen and oxygen atoms in total. The highest BCUT2D eigenvalue weighted by Crippen LogP contribution is 2.22. The fourth-order valence-corrected chi connectivity index (χ4v) is 2.55. The SMILES string of the molecule is CCCn1c(N2CC(OC)C(OC)C2)n[nH]c1=S. The lowest BCUT2D eigenvalue weighted by atomic mass is 10.3. The molecule has 102 valence electrons. The number of nitrogens with one attached hydrogen (secondary N) is 1. The maximum absolute atomic E-state index is 5.43. The van der Waals surface area contributed by atoms with Gasteiger partial charge in [-0.2, -0.15) is 0 Å². The summed E-state index contributed by atoms with van der Waals surface area (Å²) < 4.78 is 13.6. The molecule has 2 atom stereocenters. The van der Waals surface area contributed by atoms with Crippen LogP contribution in [0.2, 0.25) is 0 Å². The van der Waals surface area contributed by atoms with Crippen molar-refractivity contribution in [1.82, 2.24) is 14.8 Å². The molecule has 1 fully saturated rings. The molecule has 1 N–H and O–H groups in total. The molecule has 2 rings (SSSR count). The number of nitrogens with zero attached hydrogens (tertiary/aromatic N) is 3. The van der Waals surface area contributed by atoms with Crippen molar-refractivity contribution in [3.63, 3.8) is 0 Å². The summed E-state index contributed by atoms with van der Waals surface area (Å²) in [5.74, 6) is 0.878. The van der Waals surface area contributed by atoms with Gasteiger partial charge in [-0.15, -0.1) is 5.10 Å². The molecule has 1 aliphatic rings. The number of hydrogen-bond acceptors (Lipinski definition) is 5. The summed E-state index contributed by atoms with van der Waals surface area (Å²) in [6, 6.07) is 0. The van der Waals surface area contributed by atoms with E-state index in [1.807, 2.05) is 4.57 Å². The Morgan fingerprint density at radius 2 is 1.94 bits per heavy atom. The van der Waals surface area contributed by atoms with E-state index in [4.69, 9.17) is 21.7 Å². The fraction of sp³-hybridized carbons (Fsp3) is 0.818. The Bertz CT molecular complexity index is 432. The van der Waals surface area contributed by atoms with Crippen LogP contribution >= 0.6 is 12.2 Å². The third kappa shape index (κ3) is 2.43. The number of aromatic nitrogens is 3. The normalized spacial score (nSPS) is 23.8. The summed E-state index contributed by atoms with van der Waals surface area (Å²) in [4.78, 5) is 2.16. The number of hydrogen-bond donors (Lipinski definition) is 1. The van der Waals surface area contributed by atoms with Gasteiger partial charge in [0.05, 0.1) is 0 Å². The van der Waals surface area contributed by atoms with Crippen molar-refractivity contribution >= 4 is 18.2 Å². The molecule has 7 heteroatoms. The molecule has 0 bridgehead atoms. The molecule has 1 aromatic rings. The van der Waals surface area contributed by atoms with Crippen LogP contribution in [0.15, 0.2) is 0 Å². The molecule has 1 aromatic heterocycles. The Morgan fingerprint density at radius 1 is 1.33 bits per heavy atom. The first-order valence-corrected chi connectivity index (χ1v) is 6.57. The largest absolute Gasteiger partial charge is 0.377 e. The van der Waals surface area contributed by atoms with Gasteiger partial charge in [0.1, 0.15) is 12.2 Å². The molecule has 0 radical (unpaired) electrons. The molecule has 0 aromatic carbocycles. The van der Waals surface area contributed by atoms with E-state index in [0.29, 0.717) is 4.77 Å². The van der Waals surface area contributed by atoms with Crippen LogP contribution < -0.4 is 4.90 Å². The number of aromatic amines is 1. The van der Waals surface area contributed by atoms with Gasteiger partial charge in [0.2, 0.25) is 5.95 Å². The molecule has 0 spiro atoms. The zero-order chi connectivity index (χ0) is 13.1. The Balaban J connectivity index is 2.20. The molecule has 2 unspecified atom stereocenters. The molecular weight excluding hydrogens is 252 g/mol. The minimum absolute atomic E-state index is 0.0790. The second-order valence-electron chi connectivity index (χ2n) is 4.43. The Hall–Kier alpha value is -0.920. The quantitative estimate of drug-likeness (QED) is 0.816. The third-order valence-corrected chi connectivity index (χ3v) is 3.60. The van der Waals surface area contributed by atoms with Crippen LogP contribution in [0.25, 0.3) is 0 Å². The van der Waals surface area contributed by atoms with Crippen molar-refractivity contribution in [2.75, 3.05) is 32.2 Å². The van der Waals surface area contributed by atoms with E-state index in [9.17, 15) is 0 Å². The predicted molar refractivity (Wildman–Crippen MR) is 71.5 cm³/mol. The van der Waals surface area contributed by atoms with E-state index < -0.39 is 0 Å². The highest BCUT2D eigenvalue weighted by Gasteiger charge is 2.35. The average Bonchev–Trinajstić information content (AvgIpc) is 2.94. The molecule has 0 amide bonds. The van der Waals surface area contributed by atoms with E-state index in [-0.39, 0.29) is 12.2 Å². The molecule has 1 saturated heterocycles. The Labute approximate surface area is 112 Å². The maximum Gasteiger partial charge on any atom is 0.225 e. The van der Waals surface area contributed by atoms with Gasteiger partial charge in [-0.3, -0.25) is 4.57 Å². The molecule has 0 aliphatic carbocycles. The van der Waals surface area contributed by atoms with Gasteiger partial charge in [-0.05, 0) is 18.6 Å². The number of methoxy groups -OCH3 is 2. The average molecular weight is 272 g/mol. The van der Waals surface area contributed by atoms with Crippen molar-refractivity contribution in [2.24, 2.45) is 0 Å². The first kappa shape index (κ1) is 13.5. The van der Waals surface area contributed by atoms with Crippen LogP contribution in [-0.2, 0) is 16.0 Å². The summed E-state index contributed by atoms with van der Waals surface area (Å²) in [6.45, 7) is 4.55. The van der Waals surface area contributed by atoms with Crippen molar-refractivity contribution in [3.05, 3.63) is 4.77 Å². The van der Waals surface area contributed by atoms with Gasteiger partial charge in [0, 0.05) is 33.9 Å². The molecular formula is C11H20N4O2S. The fourth-order valence-electron chi connectivity index (χ4n) is 2.34. The van der Waals surface area contributed by atoms with E-state index in [0.717, 1.165) is 32.0 Å². The second-order valence-corrected chi connectivity index (χ2v) is 4.82. The number of rotatable bonds is 5. The van der Waals surface area contributed by atoms with Crippen LogP contribution in [0.5, 0.6) is 0 Å². The first-order chi connectivity index (χ1) is 8.71. The van der Waals surface area contributed by atoms with Gasteiger partial charge in [0.15, 0.2) is 4.77 Å². The summed E-state index contributed by atoms with van der Waals surface area (Å²) >= 11 is 5.25. The highest BCUT2D eigenvalue weighted by atomic mass is 32.1. The number of anilines is 1. The summed E-state index contributed by atoms with van der Waals surface area (Å²) in [7, 11) is 3.42. The lowest BCUT2D eigenvalue weighted by molar-refractivity contribution is -0.00461. The van der Waals surface area contributed by atoms with Crippen LogP contribution in [-0.4, -0.2) is 54.3 Å². The summed E-state index contributed by atoms with van der Waals surface area (Å²) in [5, 5.41) is 7.17. The van der Waals surface area contributed by atoms with Crippen LogP contribution in [0.4, 0.5) is 5.95 Å². The Morgan fingerprint density at radius 3 is 2.44 bits per heavy atom. The van der Waals surface area contributed by atoms with Crippen LogP contribution in [0.3, 0.4) is 0 Å². The van der Waals surface area contributed by atoms with Gasteiger partial charge >= 0.3 is 0 Å². The third-order valence-electron chi connectivity index (χ3n) is 3.29. The number of H-pyrrole nitrogens is 1. The minimum Gasteiger partial charge on any atom is -0.377 e. The zero-order valence-corrected chi connectivity index (χ0v) is 11.9. The van der Waals surface area contributed by atoms with Crippen molar-refractivity contribution < 1.29 is 9.47 Å². The predicted octanol–water partition coefficient (Wildman–Crippen LogP) is 1.20. The van der Waals surface area contributed by atoms with Gasteiger partial charge in [-0.1, -0.05) is 6.92 Å². The lowest BCUT2D eigenvalue weighted by Crippen LogP contribution is -2.27. The van der Waals surface area contributed by atoms with Crippen molar-refractivity contribution in [1.29, 1.82) is 0 Å². The monoisotopic (exact) mass is 272 g/mol. The molecule has 1 aliphatic heterocycles. The minimum atomic E-state index is 0.0790. The summed E-state index contributed by atoms with van der Waals surface area (Å²) in [5.41, 5.74) is 0. The zero-order valence-electron chi connectivity index (χ0n) is 11.0. The Kier molecular flexibility index (Phi) is 4.36. The van der Waals surface area contributed by atoms with Gasteiger partial charge in [0.25, 0.3) is 0 Å². The van der Waals surface area contributed by atoms with Gasteiger partial charge < -0.3 is 14.4 Å². The molecule has 18 heavy (non-hydrogen) atoms. The van der Waals surface area contributed by atoms with E-state index in [1.165, 1.54) is 0 Å². The standard InChI is InChI=1S/C11H20N4O2S/c1-4-5-15-10(12-13-11(15)18)14-6-8(16-2)9(7-14)17-3/h8-9H,4-7H2,1-3H3,(H,13,18). The topological polar surface area (TPSA) is 55.3 Å². The van der Waals surface area contributed by atoms with Gasteiger partial charge in [-0.25, -0.2) is 5.10 Å². The van der Waals surface area contributed by atoms with Crippen molar-refractivity contribution in [3.8, 4) is 0 Å². The van der Waals surface area contributed by atoms with E-state index in [1.54, 1.807) is 14.2 Å². The lowest BCUT2D eigenvalue weighted by Gasteiger charge is -2.17. The maximum atomic E-state index is 5.43. The second kappa shape index (κ2) is 5.81. The van der Waals surface area contributed by atoms with E-state index in [2.05, 4.69) is 22.0 Å². The van der Waals surface area contributed by atoms with Crippen LogP contribution in [0.1, 0.15) is 13.3 Å². The van der Waals surface area contributed by atoms with Crippen molar-refractivity contribution in [2.45, 2.75) is 32.1 Å². The number of ether oxygens (including phenoxy) is 2. The molecule has 0 saturated carbocycles. The smallest absolute Gasteiger partial charge is 0.225 e.